The number of Topliss-reactive ketones (excluding diaryl/α,β-unsaturated/α-hetero) is 3. The van der Waals surface area contributed by atoms with Crippen LogP contribution < -0.4 is 73.9 Å². The molecule has 0 atom stereocenters. The maximum absolute atomic E-state index is 13.3. The number of thiol groups is 1. The number of halogens is 3. The molecule has 0 bridgehead atoms. The van der Waals surface area contributed by atoms with Crippen LogP contribution in [0.5, 0.6) is 0 Å². The molecule has 0 fully saturated rings. The second kappa shape index (κ2) is 46.5. The van der Waals surface area contributed by atoms with E-state index < -0.39 is 0 Å². The molecule has 652 valence electrons. The molecule has 0 radical (unpaired) electrons. The molecule has 0 unspecified atom stereocenters. The second-order valence-electron chi connectivity index (χ2n) is 30.1. The van der Waals surface area contributed by atoms with Crippen LogP contribution in [0.1, 0.15) is 132 Å². The van der Waals surface area contributed by atoms with E-state index in [0.29, 0.717) is 22.3 Å². The van der Waals surface area contributed by atoms with Crippen LogP contribution in [0.25, 0.3) is 69.3 Å². The topological polar surface area (TPSA) is 110 Å². The van der Waals surface area contributed by atoms with Gasteiger partial charge in [0.25, 0.3) is 15.0 Å². The van der Waals surface area contributed by atoms with Gasteiger partial charge in [0.05, 0.1) is 58.5 Å². The Morgan fingerprint density at radius 1 is 0.405 bits per heavy atom. The van der Waals surface area contributed by atoms with Gasteiger partial charge in [-0.15, -0.1) is 35.7 Å². The van der Waals surface area contributed by atoms with Crippen LogP contribution >= 0.6 is 139 Å². The van der Waals surface area contributed by atoms with E-state index in [9.17, 15) is 19.5 Å². The van der Waals surface area contributed by atoms with Gasteiger partial charge in [0.15, 0.2) is 11.6 Å². The SMILES string of the molecule is CCCI.CCCN1C(=CC2=C(O)C(=Cc3sc4ccccc4[n+]3CCC)C2=O)Sc2ccccc21.CCCN1C(=CC2=C(S)C(=Cc3sc4ccccc4[n+]3CCC)C2=O)Sc2ccccc21.CCCN1C(=CC2=C(SC)C(=Cc3sc4ccccc4[n+]3CCC)C2=O)Sc2ccccc21.CCC[n+]1c(C)sc2ccccc21.Cc1nc2ccccc2s1.[Br-].[I-]. The Balaban J connectivity index is 0.000000148. The molecule has 19 rings (SSSR count). The van der Waals surface area contributed by atoms with Gasteiger partial charge in [-0.05, 0) is 134 Å². The lowest BCUT2D eigenvalue weighted by molar-refractivity contribution is -0.672. The fraction of sp³-hybridized carbons (Fsp3) is 0.267. The summed E-state index contributed by atoms with van der Waals surface area (Å²) >= 11 is 22.7. The fourth-order valence-electron chi connectivity index (χ4n) is 15.4. The number of alkyl halides is 1. The molecule has 1 N–H and O–H groups in total. The average Bonchev–Trinajstić information content (AvgIpc) is 1.50. The number of anilines is 3. The second-order valence-corrected chi connectivity index (χ2v) is 41.2. The minimum absolute atomic E-state index is 0. The van der Waals surface area contributed by atoms with Gasteiger partial charge in [-0.2, -0.15) is 18.3 Å². The molecule has 126 heavy (non-hydrogen) atoms. The Bertz CT molecular complexity index is 6240. The van der Waals surface area contributed by atoms with Crippen molar-refractivity contribution < 1.29 is 78.7 Å². The number of thiazole rings is 5. The number of allylic oxidation sites excluding steroid dienone is 9. The maximum Gasteiger partial charge on any atom is 0.263 e. The predicted octanol–water partition coefficient (Wildman–Crippen LogP) is 21.3. The molecule has 0 saturated heterocycles. The molecule has 3 aliphatic carbocycles. The third-order valence-corrected chi connectivity index (χ3v) is 32.2. The number of para-hydroxylation sites is 8. The summed E-state index contributed by atoms with van der Waals surface area (Å²) in [7, 11) is 0. The number of carbonyl (C=O) groups excluding carboxylic acids is 3. The lowest BCUT2D eigenvalue weighted by Gasteiger charge is -2.24. The zero-order valence-electron chi connectivity index (χ0n) is 72.8. The van der Waals surface area contributed by atoms with Crippen LogP contribution in [-0.4, -0.2) is 57.8 Å². The number of carbonyl (C=O) groups is 3. The summed E-state index contributed by atoms with van der Waals surface area (Å²) in [4.78, 5) is 56.3. The first-order valence-electron chi connectivity index (χ1n) is 42.7. The van der Waals surface area contributed by atoms with Gasteiger partial charge in [0.1, 0.15) is 50.7 Å². The molecule has 0 spiro atoms. The highest BCUT2D eigenvalue weighted by molar-refractivity contribution is 14.1. The van der Waals surface area contributed by atoms with E-state index in [4.69, 9.17) is 12.6 Å². The number of hydrogen-bond acceptors (Lipinski definition) is 18. The Labute approximate surface area is 825 Å². The molecule has 25 heteroatoms. The monoisotopic (exact) mass is 2150 g/mol. The van der Waals surface area contributed by atoms with Gasteiger partial charge < -0.3 is 60.8 Å². The third-order valence-electron chi connectivity index (χ3n) is 21.1. The Morgan fingerprint density at radius 2 is 0.738 bits per heavy atom. The first-order valence-corrected chi connectivity index (χ1v) is 52.5. The smallest absolute Gasteiger partial charge is 0.263 e. The van der Waals surface area contributed by atoms with Gasteiger partial charge in [0, 0.05) is 142 Å². The van der Waals surface area contributed by atoms with Crippen molar-refractivity contribution in [2.24, 2.45) is 0 Å². The zero-order chi connectivity index (χ0) is 87.1. The summed E-state index contributed by atoms with van der Waals surface area (Å²) in [6.45, 7) is 28.3. The van der Waals surface area contributed by atoms with Crippen molar-refractivity contribution in [3.63, 3.8) is 0 Å². The minimum Gasteiger partial charge on any atom is -1.00 e. The number of ketones is 3. The van der Waals surface area contributed by atoms with E-state index in [-0.39, 0.29) is 64.1 Å². The highest BCUT2D eigenvalue weighted by atomic mass is 127. The molecule has 0 saturated carbocycles. The largest absolute Gasteiger partial charge is 1.00 e. The molecule has 3 aliphatic heterocycles. The fourth-order valence-corrected chi connectivity index (χ4v) is 25.1. The van der Waals surface area contributed by atoms with Gasteiger partial charge in [-0.1, -0.05) is 256 Å². The van der Waals surface area contributed by atoms with E-state index in [2.05, 4.69) is 293 Å². The van der Waals surface area contributed by atoms with Crippen molar-refractivity contribution >= 4 is 243 Å². The van der Waals surface area contributed by atoms with Crippen molar-refractivity contribution in [3.8, 4) is 0 Å². The summed E-state index contributed by atoms with van der Waals surface area (Å²) in [6.07, 6.45) is 22.7. The third kappa shape index (κ3) is 21.7. The molecule has 0 amide bonds. The first kappa shape index (κ1) is 97.8. The number of hydrogen-bond donors (Lipinski definition) is 2. The van der Waals surface area contributed by atoms with Crippen LogP contribution in [0.3, 0.4) is 0 Å². The van der Waals surface area contributed by atoms with Gasteiger partial charge in [-0.25, -0.2) is 4.98 Å². The Morgan fingerprint density at radius 3 is 1.13 bits per heavy atom. The van der Waals surface area contributed by atoms with E-state index in [1.54, 1.807) is 92.4 Å². The number of aryl methyl sites for hydroxylation is 6. The summed E-state index contributed by atoms with van der Waals surface area (Å²) in [5.41, 5.74) is 13.7. The molecule has 12 nitrogen and oxygen atoms in total. The van der Waals surface area contributed by atoms with Crippen molar-refractivity contribution in [2.45, 2.75) is 161 Å². The number of rotatable bonds is 22. The molecule has 8 aromatic carbocycles. The van der Waals surface area contributed by atoms with E-state index in [1.807, 2.05) is 85.0 Å². The highest BCUT2D eigenvalue weighted by Crippen LogP contribution is 2.52. The predicted molar refractivity (Wildman–Crippen MR) is 547 cm³/mol. The summed E-state index contributed by atoms with van der Waals surface area (Å²) < 4.78 is 16.9. The van der Waals surface area contributed by atoms with E-state index in [1.165, 1.54) is 99.6 Å². The number of aromatic nitrogens is 5. The standard InChI is InChI=1S/C27H27N2OS3.C26H24N2O2S2.C26H24N2OS3.C11H14NS.C8H7NS.C3H7I.BrH.HI/c1-4-14-28-20-10-6-8-12-22(20)32-24(28)16-18-26(30)19(27(18)31-3)17-25-29(15-5-2)21-11-7-9-13-23(21)33-25;2*1-3-13-27-19-9-5-7-11-21(19)31-23(27)15-17-25(29)18(26(17)30)16-24-28(14-4-2)20-10-6-8-12-22(20)32-24;1-3-8-12-9(2)13-11-7-5-4-6-10(11)12;1-6-9-7-4-2-3-5-8(7)10-6;1-2-3-4;;/h6-13,16-17H,4-5,14-15H2,1-3H3;2*5-12,15-16H,3-4,13-14H2,1-2H3;4-7H,3,8H2,1-2H3;2-5H,1H3;2-3H2,1H3;2*1H/q+1;;;+1;;;;. The molecule has 8 heterocycles. The van der Waals surface area contributed by atoms with Crippen LogP contribution in [0.4, 0.5) is 17.1 Å². The average molecular weight is 2150 g/mol. The highest BCUT2D eigenvalue weighted by Gasteiger charge is 2.39. The lowest BCUT2D eigenvalue weighted by Crippen LogP contribution is -3.00. The first-order chi connectivity index (χ1) is 60.5. The summed E-state index contributed by atoms with van der Waals surface area (Å²) in [5, 5.41) is 19.8. The quantitative estimate of drug-likeness (QED) is 0.0222. The van der Waals surface area contributed by atoms with Crippen molar-refractivity contribution in [2.75, 3.05) is 45.0 Å². The van der Waals surface area contributed by atoms with Crippen molar-refractivity contribution in [3.05, 3.63) is 301 Å². The Kier molecular flexibility index (Phi) is 36.1. The van der Waals surface area contributed by atoms with Crippen molar-refractivity contribution in [1.29, 1.82) is 0 Å². The van der Waals surface area contributed by atoms with Crippen LogP contribution in [0.15, 0.2) is 291 Å². The number of aliphatic hydroxyl groups excluding tert-OH is 1. The molecule has 6 aliphatic rings. The normalized spacial score (nSPS) is 16.2. The minimum atomic E-state index is -0.0940. The molecular weight excluding hydrogens is 2040 g/mol. The van der Waals surface area contributed by atoms with E-state index in [0.717, 1.165) is 146 Å². The lowest BCUT2D eigenvalue weighted by atomic mass is 9.88. The Hall–Kier alpha value is -7.23. The number of benzene rings is 8. The van der Waals surface area contributed by atoms with Crippen LogP contribution in [-0.2, 0) is 40.6 Å². The van der Waals surface area contributed by atoms with Gasteiger partial charge in [-0.3, -0.25) is 14.4 Å². The number of thioether (sulfide) groups is 4. The number of nitrogens with zero attached hydrogens (tertiary/aromatic N) is 8. The number of aliphatic hydroxyl groups is 1. The van der Waals surface area contributed by atoms with E-state index >= 15 is 0 Å². The van der Waals surface area contributed by atoms with Crippen molar-refractivity contribution in [1.82, 2.24) is 4.98 Å². The number of fused-ring (bicyclic) bond motifs is 8. The molecule has 5 aromatic heterocycles. The van der Waals surface area contributed by atoms with Gasteiger partial charge >= 0.3 is 0 Å². The van der Waals surface area contributed by atoms with Crippen LogP contribution in [0.2, 0.25) is 0 Å². The molecular formula is C101H105BrI2N8O4S10+2. The molecule has 13 aromatic rings. The zero-order valence-corrected chi connectivity index (χ0v) is 86.9. The maximum atomic E-state index is 13.3. The summed E-state index contributed by atoms with van der Waals surface area (Å²) in [5.74, 6) is 0.232. The summed E-state index contributed by atoms with van der Waals surface area (Å²) in [6, 6.07) is 67.2. The van der Waals surface area contributed by atoms with Gasteiger partial charge in [0.2, 0.25) is 32.9 Å². The van der Waals surface area contributed by atoms with Crippen LogP contribution in [0, 0.1) is 13.8 Å².